The van der Waals surface area contributed by atoms with Gasteiger partial charge in [-0.3, -0.25) is 4.98 Å². The molecule has 8 heteroatoms. The number of aromatic amines is 1. The highest BCUT2D eigenvalue weighted by Crippen LogP contribution is 2.30. The van der Waals surface area contributed by atoms with E-state index < -0.39 is 11.8 Å². The van der Waals surface area contributed by atoms with Gasteiger partial charge in [0.2, 0.25) is 5.95 Å². The van der Waals surface area contributed by atoms with Crippen molar-refractivity contribution < 1.29 is 13.5 Å². The van der Waals surface area contributed by atoms with Gasteiger partial charge in [-0.15, -0.1) is 0 Å². The van der Waals surface area contributed by atoms with Crippen LogP contribution in [0.3, 0.4) is 0 Å². The summed E-state index contributed by atoms with van der Waals surface area (Å²) in [6.45, 7) is 1.80. The molecule has 0 aliphatic carbocycles. The first-order chi connectivity index (χ1) is 14.0. The lowest BCUT2D eigenvalue weighted by molar-refractivity contribution is 0.294. The van der Waals surface area contributed by atoms with E-state index >= 15 is 0 Å². The van der Waals surface area contributed by atoms with Crippen LogP contribution in [0.1, 0.15) is 11.3 Å². The van der Waals surface area contributed by atoms with Crippen LogP contribution >= 0.6 is 11.6 Å². The molecule has 0 fully saturated rings. The van der Waals surface area contributed by atoms with Gasteiger partial charge in [0.1, 0.15) is 40.5 Å². The lowest BCUT2D eigenvalue weighted by Crippen LogP contribution is -2.02. The normalized spacial score (nSPS) is 10.9. The Balaban J connectivity index is 1.50. The van der Waals surface area contributed by atoms with E-state index in [1.54, 1.807) is 43.5 Å². The van der Waals surface area contributed by atoms with E-state index in [1.165, 1.54) is 18.3 Å². The Labute approximate surface area is 170 Å². The monoisotopic (exact) mass is 412 g/mol. The molecule has 0 aliphatic rings. The molecule has 3 heterocycles. The Bertz CT molecular complexity index is 1140. The molecule has 0 saturated heterocycles. The summed E-state index contributed by atoms with van der Waals surface area (Å²) in [5.41, 5.74) is 2.92. The molecule has 4 rings (SSSR count). The number of aromatic nitrogens is 4. The molecule has 0 amide bonds. The second-order valence-electron chi connectivity index (χ2n) is 6.37. The van der Waals surface area contributed by atoms with Gasteiger partial charge in [0.25, 0.3) is 0 Å². The molecule has 4 aromatic rings. The van der Waals surface area contributed by atoms with Gasteiger partial charge < -0.3 is 9.72 Å². The van der Waals surface area contributed by atoms with E-state index in [0.717, 1.165) is 11.1 Å². The molecule has 0 radical (unpaired) electrons. The number of H-pyrrole nitrogens is 1. The van der Waals surface area contributed by atoms with Crippen LogP contribution in [0.2, 0.25) is 5.15 Å². The molecule has 5 nitrogen and oxygen atoms in total. The van der Waals surface area contributed by atoms with Crippen LogP contribution in [0.25, 0.3) is 22.6 Å². The van der Waals surface area contributed by atoms with Gasteiger partial charge in [0, 0.05) is 23.5 Å². The summed E-state index contributed by atoms with van der Waals surface area (Å²) in [7, 11) is 0. The molecule has 146 valence electrons. The van der Waals surface area contributed by atoms with Gasteiger partial charge in [-0.1, -0.05) is 11.6 Å². The number of halogens is 3. The number of hydrogen-bond donors (Lipinski definition) is 1. The molecular weight excluding hydrogens is 398 g/mol. The van der Waals surface area contributed by atoms with Crippen molar-refractivity contribution in [3.63, 3.8) is 0 Å². The number of rotatable bonds is 5. The predicted molar refractivity (Wildman–Crippen MR) is 105 cm³/mol. The summed E-state index contributed by atoms with van der Waals surface area (Å²) >= 11 is 6.28. The van der Waals surface area contributed by atoms with Crippen LogP contribution < -0.4 is 4.74 Å². The minimum atomic E-state index is -0.567. The molecule has 1 N–H and O–H groups in total. The van der Waals surface area contributed by atoms with Crippen LogP contribution in [0, 0.1) is 18.7 Å². The van der Waals surface area contributed by atoms with Gasteiger partial charge in [0.05, 0.1) is 0 Å². The topological polar surface area (TPSA) is 63.7 Å². The smallest absolute Gasteiger partial charge is 0.212 e. The second kappa shape index (κ2) is 7.97. The largest absolute Gasteiger partial charge is 0.487 e. The van der Waals surface area contributed by atoms with Crippen molar-refractivity contribution in [3.05, 3.63) is 83.0 Å². The van der Waals surface area contributed by atoms with E-state index in [0.29, 0.717) is 28.0 Å². The zero-order valence-electron chi connectivity index (χ0n) is 15.3. The highest BCUT2D eigenvalue weighted by molar-refractivity contribution is 6.32. The van der Waals surface area contributed by atoms with Gasteiger partial charge in [0.15, 0.2) is 0 Å². The molecule has 0 atom stereocenters. The number of aryl methyl sites for hydroxylation is 1. The third-order valence-corrected chi connectivity index (χ3v) is 4.49. The summed E-state index contributed by atoms with van der Waals surface area (Å²) < 4.78 is 32.5. The van der Waals surface area contributed by atoms with Crippen LogP contribution in [0.5, 0.6) is 5.75 Å². The summed E-state index contributed by atoms with van der Waals surface area (Å²) in [4.78, 5) is 15.1. The Morgan fingerprint density at radius 3 is 2.45 bits per heavy atom. The Kier molecular flexibility index (Phi) is 5.22. The van der Waals surface area contributed by atoms with Gasteiger partial charge >= 0.3 is 0 Å². The van der Waals surface area contributed by atoms with Crippen molar-refractivity contribution in [3.8, 4) is 28.4 Å². The average Bonchev–Trinajstić information content (AvgIpc) is 3.10. The molecule has 0 aliphatic heterocycles. The molecule has 29 heavy (non-hydrogen) atoms. The molecular formula is C21H15ClF2N4O. The van der Waals surface area contributed by atoms with Crippen LogP contribution in [-0.4, -0.2) is 19.9 Å². The molecule has 0 spiro atoms. The van der Waals surface area contributed by atoms with Crippen molar-refractivity contribution in [2.24, 2.45) is 0 Å². The fourth-order valence-electron chi connectivity index (χ4n) is 2.72. The maximum absolute atomic E-state index is 13.9. The van der Waals surface area contributed by atoms with E-state index in [2.05, 4.69) is 19.9 Å². The first kappa shape index (κ1) is 19.0. The first-order valence-electron chi connectivity index (χ1n) is 8.71. The SMILES string of the molecule is Cc1cnc(COc2ccc(-c3nc(-c4ccc(F)nc4)[nH]c3Cl)cc2)c(F)c1. The Morgan fingerprint density at radius 1 is 1.00 bits per heavy atom. The summed E-state index contributed by atoms with van der Waals surface area (Å²) in [6.07, 6.45) is 2.97. The third kappa shape index (κ3) is 4.25. The Morgan fingerprint density at radius 2 is 1.76 bits per heavy atom. The number of pyridine rings is 2. The van der Waals surface area contributed by atoms with Crippen LogP contribution in [0.15, 0.2) is 54.9 Å². The predicted octanol–water partition coefficient (Wildman–Crippen LogP) is 5.35. The van der Waals surface area contributed by atoms with Crippen molar-refractivity contribution >= 4 is 11.6 Å². The highest BCUT2D eigenvalue weighted by atomic mass is 35.5. The number of benzene rings is 1. The minimum Gasteiger partial charge on any atom is -0.487 e. The lowest BCUT2D eigenvalue weighted by Gasteiger charge is -2.07. The zero-order valence-corrected chi connectivity index (χ0v) is 16.0. The van der Waals surface area contributed by atoms with Gasteiger partial charge in [-0.05, 0) is 55.0 Å². The summed E-state index contributed by atoms with van der Waals surface area (Å²) in [5, 5.41) is 0.351. The number of nitrogens with zero attached hydrogens (tertiary/aromatic N) is 3. The summed E-state index contributed by atoms with van der Waals surface area (Å²) in [6, 6.07) is 11.3. The molecule has 0 unspecified atom stereocenters. The number of hydrogen-bond acceptors (Lipinski definition) is 4. The summed E-state index contributed by atoms with van der Waals surface area (Å²) in [5.74, 6) is 0.0829. The molecule has 1 aromatic carbocycles. The van der Waals surface area contributed by atoms with Gasteiger partial charge in [-0.25, -0.2) is 14.4 Å². The second-order valence-corrected chi connectivity index (χ2v) is 6.75. The number of imidazole rings is 1. The maximum atomic E-state index is 13.9. The van der Waals surface area contributed by atoms with Crippen molar-refractivity contribution in [2.45, 2.75) is 13.5 Å². The fourth-order valence-corrected chi connectivity index (χ4v) is 2.97. The fraction of sp³-hybridized carbons (Fsp3) is 0.0952. The van der Waals surface area contributed by atoms with Crippen LogP contribution in [-0.2, 0) is 6.61 Å². The average molecular weight is 413 g/mol. The van der Waals surface area contributed by atoms with E-state index in [-0.39, 0.29) is 12.3 Å². The number of nitrogens with one attached hydrogen (secondary N) is 1. The lowest BCUT2D eigenvalue weighted by atomic mass is 10.1. The number of ether oxygens (including phenoxy) is 1. The van der Waals surface area contributed by atoms with Crippen molar-refractivity contribution in [2.75, 3.05) is 0 Å². The standard InChI is InChI=1S/C21H15ClF2N4O/c1-12-8-16(23)17(25-9-12)11-29-15-5-2-13(3-6-15)19-20(22)28-21(27-19)14-4-7-18(24)26-10-14/h2-10H,11H2,1H3,(H,27,28). The zero-order chi connectivity index (χ0) is 20.4. The third-order valence-electron chi connectivity index (χ3n) is 4.22. The highest BCUT2D eigenvalue weighted by Gasteiger charge is 2.13. The first-order valence-corrected chi connectivity index (χ1v) is 9.09. The minimum absolute atomic E-state index is 0.0241. The molecule has 0 bridgehead atoms. The Hall–Kier alpha value is -3.32. The van der Waals surface area contributed by atoms with E-state index in [4.69, 9.17) is 16.3 Å². The quantitative estimate of drug-likeness (QED) is 0.448. The molecule has 0 saturated carbocycles. The van der Waals surface area contributed by atoms with Gasteiger partial charge in [-0.2, -0.15) is 4.39 Å². The van der Waals surface area contributed by atoms with Crippen molar-refractivity contribution in [1.29, 1.82) is 0 Å². The van der Waals surface area contributed by atoms with Crippen molar-refractivity contribution in [1.82, 2.24) is 19.9 Å². The van der Waals surface area contributed by atoms with E-state index in [1.807, 2.05) is 0 Å². The molecule has 3 aromatic heterocycles. The maximum Gasteiger partial charge on any atom is 0.212 e. The van der Waals surface area contributed by atoms with Crippen LogP contribution in [0.4, 0.5) is 8.78 Å². The van der Waals surface area contributed by atoms with E-state index in [9.17, 15) is 8.78 Å².